The van der Waals surface area contributed by atoms with Crippen molar-refractivity contribution >= 4 is 39.5 Å². The third-order valence-electron chi connectivity index (χ3n) is 15.8. The van der Waals surface area contributed by atoms with Crippen molar-refractivity contribution in [3.63, 3.8) is 0 Å². The molecule has 0 spiro atoms. The summed E-state index contributed by atoms with van der Waals surface area (Å²) in [5.74, 6) is -2.44. The molecule has 0 aliphatic rings. The zero-order valence-electron chi connectivity index (χ0n) is 66.4. The minimum Gasteiger partial charge on any atom is -0.462 e. The van der Waals surface area contributed by atoms with Gasteiger partial charge in [-0.2, -0.15) is 0 Å². The summed E-state index contributed by atoms with van der Waals surface area (Å²) >= 11 is 0. The van der Waals surface area contributed by atoms with Crippen molar-refractivity contribution in [3.8, 4) is 0 Å². The Bertz CT molecular complexity index is 2860. The van der Waals surface area contributed by atoms with E-state index >= 15 is 0 Å². The second-order valence-corrected chi connectivity index (χ2v) is 28.8. The maximum Gasteiger partial charge on any atom is 0.472 e. The van der Waals surface area contributed by atoms with Gasteiger partial charge < -0.3 is 33.8 Å². The Morgan fingerprint density at radius 2 is 0.519 bits per heavy atom. The maximum atomic E-state index is 13.1. The highest BCUT2D eigenvalue weighted by Gasteiger charge is 2.30. The van der Waals surface area contributed by atoms with Crippen molar-refractivity contribution < 1.29 is 80.2 Å². The van der Waals surface area contributed by atoms with Gasteiger partial charge in [0.1, 0.15) is 19.3 Å². The Labute approximate surface area is 652 Å². The standard InChI is InChI=1S/C89H140O17P2/c1-5-9-13-17-21-25-29-33-37-39-41-43-47-49-53-57-61-65-69-73-86(91)99-79-84(105-88(93)75-71-67-63-59-55-51-45-35-31-27-23-19-15-11-7-3)81-103-107(95,96)101-77-83(90)78-102-108(97,98)104-82-85(106-89(94)76-72-68-64-60-56-52-46-36-32-28-24-20-16-12-8-4)80-100-87(92)74-70-66-62-58-54-50-48-44-42-40-38-34-30-26-22-18-14-10-6-2/h9-11,13-15,21-28,33-38,41-46,49-50,53-55,59,67,71,83-85,90H,5-8,12,16-20,29-32,39-40,47-48,51-52,56-58,60-66,68-70,72-82H2,1-4H3,(H,95,96)(H,97,98)/b13-9-,14-10-,15-11-,25-21-,26-22-,27-23-,28-24-,37-33-,38-34-,43-41-,44-42-,45-35-,46-36-,53-49-,54-50-,59-55-,71-67-. The summed E-state index contributed by atoms with van der Waals surface area (Å²) in [7, 11) is -10.0. The van der Waals surface area contributed by atoms with Crippen LogP contribution in [-0.2, 0) is 65.4 Å². The van der Waals surface area contributed by atoms with Crippen LogP contribution in [0.2, 0.25) is 0 Å². The number of hydrogen-bond acceptors (Lipinski definition) is 15. The van der Waals surface area contributed by atoms with Crippen LogP contribution in [0.5, 0.6) is 0 Å². The number of ether oxygens (including phenoxy) is 4. The monoisotopic (exact) mass is 1540 g/mol. The first-order chi connectivity index (χ1) is 52.7. The Morgan fingerprint density at radius 3 is 0.833 bits per heavy atom. The van der Waals surface area contributed by atoms with Gasteiger partial charge in [-0.3, -0.25) is 37.3 Å². The SMILES string of the molecule is CC/C=C\C/C=C\C/C=C\C/C=C\C/C=C\CCCCCC(=O)OCC(COP(=O)(O)OCC(O)COP(=O)(O)OCC(COC(=O)CCCCC/C=C\C/C=C\C/C=C\C/C=C\C/C=C\CC)OC(=O)CCCCCCC/C=C\C/C=C\CCCCC)OC(=O)C/C=C\C/C=C\C/C=C\C/C=C\C/C=C\CC. The van der Waals surface area contributed by atoms with Gasteiger partial charge in [-0.05, 0) is 173 Å². The van der Waals surface area contributed by atoms with Crippen molar-refractivity contribution in [2.75, 3.05) is 39.6 Å². The van der Waals surface area contributed by atoms with Crippen LogP contribution in [0.4, 0.5) is 0 Å². The molecule has 0 aromatic heterocycles. The van der Waals surface area contributed by atoms with E-state index in [1.807, 2.05) is 12.2 Å². The first-order valence-corrected chi connectivity index (χ1v) is 43.3. The predicted molar refractivity (Wildman–Crippen MR) is 445 cm³/mol. The number of esters is 4. The molecule has 0 saturated heterocycles. The third kappa shape index (κ3) is 77.8. The van der Waals surface area contributed by atoms with Gasteiger partial charge in [0.25, 0.3) is 0 Å². The summed E-state index contributed by atoms with van der Waals surface area (Å²) in [6.07, 6.45) is 98.4. The predicted octanol–water partition coefficient (Wildman–Crippen LogP) is 23.9. The van der Waals surface area contributed by atoms with Crippen LogP contribution in [0.1, 0.15) is 272 Å². The fraction of sp³-hybridized carbons (Fsp3) is 0.573. The maximum absolute atomic E-state index is 13.1. The molecule has 5 unspecified atom stereocenters. The van der Waals surface area contributed by atoms with E-state index in [0.717, 1.165) is 173 Å². The van der Waals surface area contributed by atoms with E-state index in [1.165, 1.54) is 19.3 Å². The quantitative estimate of drug-likeness (QED) is 0.0169. The second-order valence-electron chi connectivity index (χ2n) is 25.9. The molecule has 0 aliphatic heterocycles. The number of aliphatic hydroxyl groups is 1. The largest absolute Gasteiger partial charge is 0.472 e. The first-order valence-electron chi connectivity index (χ1n) is 40.3. The molecular formula is C89H140O17P2. The van der Waals surface area contributed by atoms with E-state index in [0.29, 0.717) is 25.7 Å². The van der Waals surface area contributed by atoms with Crippen molar-refractivity contribution in [1.82, 2.24) is 0 Å². The van der Waals surface area contributed by atoms with Crippen LogP contribution in [0, 0.1) is 0 Å². The van der Waals surface area contributed by atoms with Gasteiger partial charge in [-0.1, -0.05) is 279 Å². The number of aliphatic hydroxyl groups excluding tert-OH is 1. The van der Waals surface area contributed by atoms with Crippen molar-refractivity contribution in [2.24, 2.45) is 0 Å². The molecule has 108 heavy (non-hydrogen) atoms. The number of phosphoric acid groups is 2. The van der Waals surface area contributed by atoms with Crippen LogP contribution >= 0.6 is 15.6 Å². The summed E-state index contributed by atoms with van der Waals surface area (Å²) in [6, 6.07) is 0. The third-order valence-corrected chi connectivity index (χ3v) is 17.7. The fourth-order valence-corrected chi connectivity index (χ4v) is 11.3. The number of carbonyl (C=O) groups is 4. The number of carbonyl (C=O) groups excluding carboxylic acids is 4. The van der Waals surface area contributed by atoms with Crippen LogP contribution in [0.25, 0.3) is 0 Å². The van der Waals surface area contributed by atoms with E-state index < -0.39 is 97.5 Å². The smallest absolute Gasteiger partial charge is 0.462 e. The molecule has 17 nitrogen and oxygen atoms in total. The van der Waals surface area contributed by atoms with Gasteiger partial charge in [0, 0.05) is 19.3 Å². The lowest BCUT2D eigenvalue weighted by molar-refractivity contribution is -0.161. The highest BCUT2D eigenvalue weighted by Crippen LogP contribution is 2.45. The number of phosphoric ester groups is 2. The Morgan fingerprint density at radius 1 is 0.278 bits per heavy atom. The molecule has 5 atom stereocenters. The molecule has 0 radical (unpaired) electrons. The molecule has 0 rings (SSSR count). The molecule has 0 amide bonds. The molecular weight excluding hydrogens is 1400 g/mol. The lowest BCUT2D eigenvalue weighted by Crippen LogP contribution is -2.30. The molecule has 0 saturated carbocycles. The zero-order valence-corrected chi connectivity index (χ0v) is 68.2. The number of hydrogen-bond donors (Lipinski definition) is 3. The van der Waals surface area contributed by atoms with Gasteiger partial charge in [-0.15, -0.1) is 0 Å². The van der Waals surface area contributed by atoms with Crippen LogP contribution < -0.4 is 0 Å². The molecule has 0 aromatic rings. The van der Waals surface area contributed by atoms with Crippen LogP contribution in [0.3, 0.4) is 0 Å². The van der Waals surface area contributed by atoms with Gasteiger partial charge in [0.2, 0.25) is 0 Å². The van der Waals surface area contributed by atoms with Gasteiger partial charge >= 0.3 is 39.5 Å². The minimum absolute atomic E-state index is 0.0596. The highest BCUT2D eigenvalue weighted by atomic mass is 31.2. The molecule has 0 aromatic carbocycles. The molecule has 19 heteroatoms. The number of rotatable bonds is 73. The second kappa shape index (κ2) is 78.8. The lowest BCUT2D eigenvalue weighted by atomic mass is 10.1. The van der Waals surface area contributed by atoms with Crippen LogP contribution in [0.15, 0.2) is 207 Å². The molecule has 608 valence electrons. The van der Waals surface area contributed by atoms with Crippen molar-refractivity contribution in [2.45, 2.75) is 290 Å². The zero-order chi connectivity index (χ0) is 78.9. The van der Waals surface area contributed by atoms with E-state index in [4.69, 9.17) is 37.0 Å². The van der Waals surface area contributed by atoms with Crippen LogP contribution in [-0.4, -0.2) is 96.7 Å². The number of allylic oxidation sites excluding steroid dienone is 33. The van der Waals surface area contributed by atoms with E-state index in [-0.39, 0.29) is 25.7 Å². The summed E-state index contributed by atoms with van der Waals surface area (Å²) < 4.78 is 68.4. The summed E-state index contributed by atoms with van der Waals surface area (Å²) in [6.45, 7) is 4.27. The Balaban J connectivity index is 5.53. The Hall–Kier alpha value is -6.36. The molecule has 3 N–H and O–H groups in total. The van der Waals surface area contributed by atoms with Gasteiger partial charge in [0.05, 0.1) is 32.8 Å². The summed E-state index contributed by atoms with van der Waals surface area (Å²) in [4.78, 5) is 73.0. The van der Waals surface area contributed by atoms with E-state index in [2.05, 4.69) is 210 Å². The molecule has 0 aliphatic carbocycles. The van der Waals surface area contributed by atoms with Crippen molar-refractivity contribution in [3.05, 3.63) is 207 Å². The van der Waals surface area contributed by atoms with E-state index in [1.54, 1.807) is 12.2 Å². The first kappa shape index (κ1) is 102. The summed E-state index contributed by atoms with van der Waals surface area (Å²) in [5.41, 5.74) is 0. The van der Waals surface area contributed by atoms with Gasteiger partial charge in [0.15, 0.2) is 12.2 Å². The molecule has 0 heterocycles. The normalized spacial score (nSPS) is 14.9. The lowest BCUT2D eigenvalue weighted by Gasteiger charge is -2.21. The number of unbranched alkanes of at least 4 members (excludes halogenated alkanes) is 14. The molecule has 0 fully saturated rings. The Kier molecular flexibility index (Phi) is 74.1. The van der Waals surface area contributed by atoms with Crippen molar-refractivity contribution in [1.29, 1.82) is 0 Å². The molecule has 0 bridgehead atoms. The average Bonchev–Trinajstić information content (AvgIpc) is 0.923. The highest BCUT2D eigenvalue weighted by molar-refractivity contribution is 7.47. The fourth-order valence-electron chi connectivity index (χ4n) is 9.73. The van der Waals surface area contributed by atoms with E-state index in [9.17, 15) is 43.2 Å². The topological polar surface area (TPSA) is 237 Å². The average molecular weight is 1540 g/mol. The summed E-state index contributed by atoms with van der Waals surface area (Å²) in [5, 5.41) is 10.6. The van der Waals surface area contributed by atoms with Gasteiger partial charge in [-0.25, -0.2) is 9.13 Å². The minimum atomic E-state index is -5.03.